The third-order valence-electron chi connectivity index (χ3n) is 2.66. The van der Waals surface area contributed by atoms with Crippen LogP contribution in [-0.4, -0.2) is 19.4 Å². The molecule has 5 heteroatoms. The van der Waals surface area contributed by atoms with Crippen molar-refractivity contribution in [3.63, 3.8) is 0 Å². The molecule has 0 aliphatic carbocycles. The Kier molecular flexibility index (Phi) is 2.04. The zero-order chi connectivity index (χ0) is 11.8. The minimum Gasteiger partial charge on any atom is -0.268 e. The molecule has 0 aromatic carbocycles. The first-order valence-electron chi connectivity index (χ1n) is 5.23. The Hall–Kier alpha value is -2.43. The van der Waals surface area contributed by atoms with Crippen molar-refractivity contribution in [3.05, 3.63) is 53.1 Å². The lowest BCUT2D eigenvalue weighted by Gasteiger charge is -2.00. The number of aromatic nitrogens is 4. The number of fused-ring (bicyclic) bond motifs is 1. The van der Waals surface area contributed by atoms with Gasteiger partial charge < -0.3 is 0 Å². The smallest absolute Gasteiger partial charge is 0.266 e. The second-order valence-corrected chi connectivity index (χ2v) is 3.77. The number of aryl methyl sites for hydroxylation is 1. The van der Waals surface area contributed by atoms with Crippen LogP contribution in [0.15, 0.2) is 47.5 Å². The molecule has 0 saturated heterocycles. The number of hydrogen-bond donors (Lipinski definition) is 0. The summed E-state index contributed by atoms with van der Waals surface area (Å²) in [4.78, 5) is 11.3. The molecule has 0 radical (unpaired) electrons. The maximum Gasteiger partial charge on any atom is 0.266 e. The van der Waals surface area contributed by atoms with E-state index in [4.69, 9.17) is 0 Å². The Morgan fingerprint density at radius 2 is 2.06 bits per heavy atom. The molecule has 3 aromatic rings. The van der Waals surface area contributed by atoms with Crippen molar-refractivity contribution in [2.45, 2.75) is 0 Å². The summed E-state index contributed by atoms with van der Waals surface area (Å²) in [6.45, 7) is 0. The summed E-state index contributed by atoms with van der Waals surface area (Å²) in [5.41, 5.74) is 2.51. The molecule has 84 valence electrons. The molecule has 0 amide bonds. The lowest BCUT2D eigenvalue weighted by molar-refractivity contribution is 0.712. The largest absolute Gasteiger partial charge is 0.268 e. The van der Waals surface area contributed by atoms with Crippen LogP contribution in [0.4, 0.5) is 0 Å². The van der Waals surface area contributed by atoms with Gasteiger partial charge in [-0.1, -0.05) is 6.07 Å². The summed E-state index contributed by atoms with van der Waals surface area (Å²) in [7, 11) is 1.64. The molecule has 3 rings (SSSR count). The molecule has 0 fully saturated rings. The predicted molar refractivity (Wildman–Crippen MR) is 63.7 cm³/mol. The fraction of sp³-hybridized carbons (Fsp3) is 0.0833. The second-order valence-electron chi connectivity index (χ2n) is 3.77. The van der Waals surface area contributed by atoms with Crippen molar-refractivity contribution in [2.75, 3.05) is 0 Å². The first-order chi connectivity index (χ1) is 8.25. The topological polar surface area (TPSA) is 52.2 Å². The molecule has 0 spiro atoms. The van der Waals surface area contributed by atoms with Gasteiger partial charge in [0.05, 0.1) is 17.4 Å². The van der Waals surface area contributed by atoms with Gasteiger partial charge in [-0.3, -0.25) is 4.79 Å². The van der Waals surface area contributed by atoms with Gasteiger partial charge >= 0.3 is 0 Å². The quantitative estimate of drug-likeness (QED) is 0.624. The first-order valence-corrected chi connectivity index (χ1v) is 5.23. The highest BCUT2D eigenvalue weighted by molar-refractivity contribution is 5.77. The van der Waals surface area contributed by atoms with Gasteiger partial charge in [0.2, 0.25) is 0 Å². The van der Waals surface area contributed by atoms with Crippen molar-refractivity contribution >= 4 is 5.52 Å². The van der Waals surface area contributed by atoms with Gasteiger partial charge in [0.25, 0.3) is 5.56 Å². The zero-order valence-corrected chi connectivity index (χ0v) is 9.24. The SMILES string of the molecule is Cn1nc(-c2cnn3ccccc23)ccc1=O. The van der Waals surface area contributed by atoms with Crippen molar-refractivity contribution in [1.82, 2.24) is 19.4 Å². The third-order valence-corrected chi connectivity index (χ3v) is 2.66. The van der Waals surface area contributed by atoms with E-state index in [1.165, 1.54) is 10.7 Å². The Labute approximate surface area is 96.9 Å². The molecule has 5 nitrogen and oxygen atoms in total. The van der Waals surface area contributed by atoms with Crippen LogP contribution in [0.3, 0.4) is 0 Å². The Balaban J connectivity index is 2.27. The highest BCUT2D eigenvalue weighted by Crippen LogP contribution is 2.20. The number of hydrogen-bond acceptors (Lipinski definition) is 3. The summed E-state index contributed by atoms with van der Waals surface area (Å²) in [5, 5.41) is 8.45. The van der Waals surface area contributed by atoms with Crippen LogP contribution in [0.1, 0.15) is 0 Å². The molecule has 3 heterocycles. The monoisotopic (exact) mass is 226 g/mol. The van der Waals surface area contributed by atoms with Crippen LogP contribution in [-0.2, 0) is 7.05 Å². The lowest BCUT2D eigenvalue weighted by Crippen LogP contribution is -2.18. The van der Waals surface area contributed by atoms with Crippen molar-refractivity contribution in [2.24, 2.45) is 7.05 Å². The van der Waals surface area contributed by atoms with Crippen LogP contribution < -0.4 is 5.56 Å². The fourth-order valence-electron chi connectivity index (χ4n) is 1.78. The van der Waals surface area contributed by atoms with E-state index in [2.05, 4.69) is 10.2 Å². The average Bonchev–Trinajstić information content (AvgIpc) is 2.76. The van der Waals surface area contributed by atoms with Crippen molar-refractivity contribution in [3.8, 4) is 11.3 Å². The van der Waals surface area contributed by atoms with Crippen LogP contribution in [0.25, 0.3) is 16.8 Å². The molecular weight excluding hydrogens is 216 g/mol. The van der Waals surface area contributed by atoms with E-state index >= 15 is 0 Å². The molecule has 0 aliphatic heterocycles. The van der Waals surface area contributed by atoms with E-state index in [0.29, 0.717) is 0 Å². The number of nitrogens with zero attached hydrogens (tertiary/aromatic N) is 4. The fourth-order valence-corrected chi connectivity index (χ4v) is 1.78. The minimum atomic E-state index is -0.120. The van der Waals surface area contributed by atoms with Gasteiger partial charge in [0, 0.05) is 24.9 Å². The normalized spacial score (nSPS) is 10.9. The summed E-state index contributed by atoms with van der Waals surface area (Å²) in [6, 6.07) is 9.05. The van der Waals surface area contributed by atoms with Crippen LogP contribution in [0, 0.1) is 0 Å². The van der Waals surface area contributed by atoms with E-state index in [9.17, 15) is 4.79 Å². The molecule has 0 N–H and O–H groups in total. The second kappa shape index (κ2) is 3.55. The van der Waals surface area contributed by atoms with Gasteiger partial charge in [-0.05, 0) is 18.2 Å². The van der Waals surface area contributed by atoms with Gasteiger partial charge in [0.1, 0.15) is 0 Å². The summed E-state index contributed by atoms with van der Waals surface area (Å²) in [5.74, 6) is 0. The molecule has 0 saturated carbocycles. The van der Waals surface area contributed by atoms with E-state index in [1.807, 2.05) is 24.4 Å². The third kappa shape index (κ3) is 1.52. The van der Waals surface area contributed by atoms with E-state index in [-0.39, 0.29) is 5.56 Å². The van der Waals surface area contributed by atoms with Crippen molar-refractivity contribution in [1.29, 1.82) is 0 Å². The molecule has 17 heavy (non-hydrogen) atoms. The van der Waals surface area contributed by atoms with Crippen LogP contribution in [0.5, 0.6) is 0 Å². The minimum absolute atomic E-state index is 0.120. The van der Waals surface area contributed by atoms with Gasteiger partial charge in [-0.25, -0.2) is 9.20 Å². The summed E-state index contributed by atoms with van der Waals surface area (Å²) < 4.78 is 3.10. The van der Waals surface area contributed by atoms with Crippen LogP contribution in [0.2, 0.25) is 0 Å². The average molecular weight is 226 g/mol. The lowest BCUT2D eigenvalue weighted by atomic mass is 10.2. The summed E-state index contributed by atoms with van der Waals surface area (Å²) >= 11 is 0. The molecule has 3 aromatic heterocycles. The zero-order valence-electron chi connectivity index (χ0n) is 9.24. The Morgan fingerprint density at radius 3 is 2.88 bits per heavy atom. The molecule has 0 aliphatic rings. The standard InChI is InChI=1S/C12H10N4O/c1-15-12(17)6-5-10(14-15)9-8-13-16-7-3-2-4-11(9)16/h2-8H,1H3. The van der Waals surface area contributed by atoms with Gasteiger partial charge in [-0.15, -0.1) is 0 Å². The molecule has 0 atom stereocenters. The number of rotatable bonds is 1. The maximum absolute atomic E-state index is 11.3. The Morgan fingerprint density at radius 1 is 1.18 bits per heavy atom. The Bertz CT molecular complexity index is 741. The van der Waals surface area contributed by atoms with E-state index < -0.39 is 0 Å². The molecular formula is C12H10N4O. The van der Waals surface area contributed by atoms with Gasteiger partial charge in [-0.2, -0.15) is 10.2 Å². The van der Waals surface area contributed by atoms with Gasteiger partial charge in [0.15, 0.2) is 0 Å². The predicted octanol–water partition coefficient (Wildman–Crippen LogP) is 1.09. The van der Waals surface area contributed by atoms with E-state index in [0.717, 1.165) is 16.8 Å². The van der Waals surface area contributed by atoms with Crippen molar-refractivity contribution < 1.29 is 0 Å². The molecule has 0 bridgehead atoms. The molecule has 0 unspecified atom stereocenters. The number of pyridine rings is 1. The van der Waals surface area contributed by atoms with Crippen LogP contribution >= 0.6 is 0 Å². The maximum atomic E-state index is 11.3. The highest BCUT2D eigenvalue weighted by atomic mass is 16.1. The van der Waals surface area contributed by atoms with E-state index in [1.54, 1.807) is 23.8 Å². The highest BCUT2D eigenvalue weighted by Gasteiger charge is 2.07. The first kappa shape index (κ1) is 9.77. The summed E-state index contributed by atoms with van der Waals surface area (Å²) in [6.07, 6.45) is 3.63.